The molecule has 0 aliphatic heterocycles. The first kappa shape index (κ1) is 31.6. The molecule has 0 aliphatic carbocycles. The molecule has 0 atom stereocenters. The second-order valence-electron chi connectivity index (χ2n) is 5.78. The van der Waals surface area contributed by atoms with Gasteiger partial charge in [-0.25, -0.2) is 0 Å². The van der Waals surface area contributed by atoms with Crippen LogP contribution in [0.1, 0.15) is 0 Å². The predicted octanol–water partition coefficient (Wildman–Crippen LogP) is 3.68. The van der Waals surface area contributed by atoms with E-state index in [4.69, 9.17) is 37.9 Å². The topological polar surface area (TPSA) is 73.8 Å². The fraction of sp³-hybridized carbons (Fsp3) is 1.00. The zero-order valence-corrected chi connectivity index (χ0v) is 25.2. The summed E-state index contributed by atoms with van der Waals surface area (Å²) < 4.78 is 47.4. The standard InChI is InChI=1S/C17H32I4O8/c18-13-26-5-1-22-9-17(10-23-2-6-27-14-19,11-24-3-7-28-15-20)12-25-4-8-29-16-21/h1-16H2. The van der Waals surface area contributed by atoms with Crippen molar-refractivity contribution in [2.45, 2.75) is 0 Å². The Kier molecular flexibility index (Phi) is 27.5. The van der Waals surface area contributed by atoms with E-state index in [1.807, 2.05) is 0 Å². The highest BCUT2D eigenvalue weighted by atomic mass is 127. The number of hydrogen-bond donors (Lipinski definition) is 0. The van der Waals surface area contributed by atoms with Crippen LogP contribution in [0.4, 0.5) is 0 Å². The first-order chi connectivity index (χ1) is 14.2. The van der Waals surface area contributed by atoms with Gasteiger partial charge in [-0.2, -0.15) is 0 Å². The molecule has 0 amide bonds. The van der Waals surface area contributed by atoms with E-state index in [0.29, 0.717) is 97.7 Å². The average molecular weight is 872 g/mol. The summed E-state index contributed by atoms with van der Waals surface area (Å²) in [5, 5.41) is 0. The lowest BCUT2D eigenvalue weighted by molar-refractivity contribution is -0.118. The van der Waals surface area contributed by atoms with Crippen LogP contribution in [-0.4, -0.2) is 97.7 Å². The molecule has 0 saturated heterocycles. The molecule has 0 N–H and O–H groups in total. The first-order valence-corrected chi connectivity index (χ1v) is 15.2. The summed E-state index contributed by atoms with van der Waals surface area (Å²) >= 11 is 8.67. The van der Waals surface area contributed by atoms with E-state index in [2.05, 4.69) is 90.4 Å². The Hall–Kier alpha value is 2.60. The van der Waals surface area contributed by atoms with Crippen molar-refractivity contribution >= 4 is 90.4 Å². The number of hydrogen-bond acceptors (Lipinski definition) is 8. The molecule has 0 fully saturated rings. The summed E-state index contributed by atoms with van der Waals surface area (Å²) in [5.41, 5.74) is -0.427. The van der Waals surface area contributed by atoms with Gasteiger partial charge in [0.15, 0.2) is 0 Å². The molecular weight excluding hydrogens is 840 g/mol. The van der Waals surface area contributed by atoms with Gasteiger partial charge in [0.25, 0.3) is 0 Å². The van der Waals surface area contributed by atoms with Gasteiger partial charge in [0.05, 0.1) is 103 Å². The molecule has 176 valence electrons. The average Bonchev–Trinajstić information content (AvgIpc) is 2.73. The van der Waals surface area contributed by atoms with Crippen molar-refractivity contribution in [2.24, 2.45) is 5.41 Å². The molecular formula is C17H32I4O8. The van der Waals surface area contributed by atoms with Crippen molar-refractivity contribution in [3.05, 3.63) is 0 Å². The Morgan fingerprint density at radius 1 is 0.345 bits per heavy atom. The number of alkyl halides is 4. The molecule has 0 heterocycles. The van der Waals surface area contributed by atoms with Crippen LogP contribution >= 0.6 is 90.4 Å². The minimum absolute atomic E-state index is 0.427. The minimum Gasteiger partial charge on any atom is -0.378 e. The van der Waals surface area contributed by atoms with Crippen LogP contribution in [0, 0.1) is 5.41 Å². The summed E-state index contributed by atoms with van der Waals surface area (Å²) in [4.78, 5) is 0. The van der Waals surface area contributed by atoms with Crippen molar-refractivity contribution in [1.29, 1.82) is 0 Å². The maximum absolute atomic E-state index is 5.87. The third kappa shape index (κ3) is 20.9. The van der Waals surface area contributed by atoms with Gasteiger partial charge in [0.2, 0.25) is 0 Å². The molecule has 0 aliphatic rings. The first-order valence-electron chi connectivity index (χ1n) is 9.10. The second kappa shape index (κ2) is 25.2. The largest absolute Gasteiger partial charge is 0.378 e. The van der Waals surface area contributed by atoms with Crippen molar-refractivity contribution in [1.82, 2.24) is 0 Å². The van der Waals surface area contributed by atoms with Gasteiger partial charge in [-0.1, -0.05) is 90.4 Å². The number of rotatable bonds is 24. The van der Waals surface area contributed by atoms with Crippen LogP contribution in [0.25, 0.3) is 0 Å². The van der Waals surface area contributed by atoms with E-state index in [0.717, 1.165) is 0 Å². The smallest absolute Gasteiger partial charge is 0.0980 e. The minimum atomic E-state index is -0.427. The fourth-order valence-corrected chi connectivity index (χ4v) is 3.34. The highest BCUT2D eigenvalue weighted by Gasteiger charge is 2.32. The van der Waals surface area contributed by atoms with E-state index < -0.39 is 5.41 Å². The number of halogens is 4. The van der Waals surface area contributed by atoms with E-state index in [1.165, 1.54) is 0 Å². The van der Waals surface area contributed by atoms with E-state index in [1.54, 1.807) is 0 Å². The molecule has 0 aromatic carbocycles. The van der Waals surface area contributed by atoms with Crippen molar-refractivity contribution in [3.8, 4) is 0 Å². The molecule has 0 rings (SSSR count). The highest BCUT2D eigenvalue weighted by Crippen LogP contribution is 2.21. The van der Waals surface area contributed by atoms with Gasteiger partial charge in [0.1, 0.15) is 0 Å². The van der Waals surface area contributed by atoms with Gasteiger partial charge in [-0.05, 0) is 0 Å². The van der Waals surface area contributed by atoms with Crippen LogP contribution in [0.2, 0.25) is 0 Å². The van der Waals surface area contributed by atoms with E-state index in [-0.39, 0.29) is 0 Å². The molecule has 0 unspecified atom stereocenters. The van der Waals surface area contributed by atoms with Gasteiger partial charge in [-0.15, -0.1) is 0 Å². The SMILES string of the molecule is ICOCCOCC(COCCOCI)(COCCOCI)COCCOCI. The van der Waals surface area contributed by atoms with Gasteiger partial charge in [0, 0.05) is 0 Å². The lowest BCUT2D eigenvalue weighted by Gasteiger charge is -2.33. The Morgan fingerprint density at radius 3 is 0.759 bits per heavy atom. The lowest BCUT2D eigenvalue weighted by atomic mass is 9.92. The summed E-state index contributed by atoms with van der Waals surface area (Å²) in [5.74, 6) is 0. The maximum atomic E-state index is 5.87. The molecule has 0 aromatic rings. The van der Waals surface area contributed by atoms with Crippen molar-refractivity contribution in [2.75, 3.05) is 97.7 Å². The Labute approximate surface area is 229 Å². The van der Waals surface area contributed by atoms with Gasteiger partial charge >= 0.3 is 0 Å². The van der Waals surface area contributed by atoms with Crippen LogP contribution in [0.3, 0.4) is 0 Å². The third-order valence-corrected chi connectivity index (χ3v) is 5.19. The van der Waals surface area contributed by atoms with Crippen LogP contribution in [0.15, 0.2) is 0 Å². The van der Waals surface area contributed by atoms with Crippen molar-refractivity contribution < 1.29 is 37.9 Å². The van der Waals surface area contributed by atoms with Crippen molar-refractivity contribution in [3.63, 3.8) is 0 Å². The Morgan fingerprint density at radius 2 is 0.552 bits per heavy atom. The summed E-state index contributed by atoms with van der Waals surface area (Å²) in [7, 11) is 0. The number of ether oxygens (including phenoxy) is 8. The molecule has 0 spiro atoms. The molecule has 0 radical (unpaired) electrons. The Balaban J connectivity index is 4.69. The molecule has 8 nitrogen and oxygen atoms in total. The fourth-order valence-electron chi connectivity index (χ4n) is 2.09. The highest BCUT2D eigenvalue weighted by molar-refractivity contribution is 14.1. The van der Waals surface area contributed by atoms with Crippen LogP contribution in [-0.2, 0) is 37.9 Å². The zero-order chi connectivity index (χ0) is 21.5. The summed E-state index contributed by atoms with van der Waals surface area (Å²) in [6.07, 6.45) is 0. The van der Waals surface area contributed by atoms with Gasteiger partial charge in [-0.3, -0.25) is 0 Å². The predicted molar refractivity (Wildman–Crippen MR) is 145 cm³/mol. The molecule has 0 aromatic heterocycles. The molecule has 0 bridgehead atoms. The van der Waals surface area contributed by atoms with Crippen LogP contribution in [0.5, 0.6) is 0 Å². The van der Waals surface area contributed by atoms with Gasteiger partial charge < -0.3 is 37.9 Å². The molecule has 12 heteroatoms. The molecule has 29 heavy (non-hydrogen) atoms. The van der Waals surface area contributed by atoms with E-state index >= 15 is 0 Å². The summed E-state index contributed by atoms with van der Waals surface area (Å²) in [6.45, 7) is 6.06. The lowest BCUT2D eigenvalue weighted by Crippen LogP contribution is -2.42. The quantitative estimate of drug-likeness (QED) is 0.0828. The van der Waals surface area contributed by atoms with E-state index in [9.17, 15) is 0 Å². The third-order valence-electron chi connectivity index (χ3n) is 3.43. The Bertz CT molecular complexity index is 270. The summed E-state index contributed by atoms with van der Waals surface area (Å²) in [6, 6.07) is 0. The molecule has 0 saturated carbocycles. The second-order valence-corrected chi connectivity index (χ2v) is 8.27. The monoisotopic (exact) mass is 872 g/mol. The normalized spacial score (nSPS) is 12.0. The van der Waals surface area contributed by atoms with Crippen LogP contribution < -0.4 is 0 Å². The maximum Gasteiger partial charge on any atom is 0.0980 e. The zero-order valence-electron chi connectivity index (χ0n) is 16.6.